The maximum absolute atomic E-state index is 13.0. The molecule has 5 heteroatoms. The van der Waals surface area contributed by atoms with Crippen LogP contribution in [0.4, 0.5) is 4.39 Å². The van der Waals surface area contributed by atoms with E-state index in [1.807, 2.05) is 23.1 Å². The number of piperidine rings is 1. The van der Waals surface area contributed by atoms with Gasteiger partial charge < -0.3 is 4.90 Å². The third kappa shape index (κ3) is 2.91. The van der Waals surface area contributed by atoms with E-state index in [9.17, 15) is 9.18 Å². The van der Waals surface area contributed by atoms with Crippen molar-refractivity contribution in [1.82, 2.24) is 9.88 Å². The third-order valence-corrected chi connectivity index (χ3v) is 5.66. The molecule has 1 aliphatic rings. The van der Waals surface area contributed by atoms with Crippen LogP contribution < -0.4 is 0 Å². The number of halogens is 1. The summed E-state index contributed by atoms with van der Waals surface area (Å²) in [6.07, 6.45) is 2.01. The van der Waals surface area contributed by atoms with Crippen molar-refractivity contribution in [3.05, 3.63) is 64.9 Å². The fourth-order valence-electron chi connectivity index (χ4n) is 3.20. The van der Waals surface area contributed by atoms with E-state index in [1.165, 1.54) is 16.8 Å². The smallest absolute Gasteiger partial charge is 0.253 e. The van der Waals surface area contributed by atoms with Gasteiger partial charge in [0.25, 0.3) is 5.91 Å². The second kappa shape index (κ2) is 6.32. The zero-order valence-electron chi connectivity index (χ0n) is 13.1. The first-order valence-electron chi connectivity index (χ1n) is 8.11. The minimum Gasteiger partial charge on any atom is -0.338 e. The molecule has 0 saturated carbocycles. The lowest BCUT2D eigenvalue weighted by Gasteiger charge is -2.31. The zero-order valence-corrected chi connectivity index (χ0v) is 13.9. The number of rotatable bonds is 2. The summed E-state index contributed by atoms with van der Waals surface area (Å²) in [4.78, 5) is 19.3. The summed E-state index contributed by atoms with van der Waals surface area (Å²) in [6, 6.07) is 13.9. The van der Waals surface area contributed by atoms with Crippen molar-refractivity contribution < 1.29 is 9.18 Å². The normalized spacial score (nSPS) is 18.0. The molecule has 3 aromatic rings. The topological polar surface area (TPSA) is 33.2 Å². The molecule has 2 heterocycles. The van der Waals surface area contributed by atoms with Crippen molar-refractivity contribution in [3.8, 4) is 0 Å². The number of carbonyl (C=O) groups excluding carboxylic acids is 1. The summed E-state index contributed by atoms with van der Waals surface area (Å²) >= 11 is 1.72. The molecule has 0 bridgehead atoms. The average molecular weight is 340 g/mol. The number of fused-ring (bicyclic) bond motifs is 1. The van der Waals surface area contributed by atoms with Crippen LogP contribution in [-0.2, 0) is 0 Å². The molecule has 1 fully saturated rings. The molecule has 0 N–H and O–H groups in total. The fraction of sp³-hybridized carbons (Fsp3) is 0.263. The Morgan fingerprint density at radius 3 is 2.75 bits per heavy atom. The van der Waals surface area contributed by atoms with Gasteiger partial charge in [0.05, 0.1) is 15.2 Å². The van der Waals surface area contributed by atoms with Gasteiger partial charge in [0, 0.05) is 24.6 Å². The molecule has 1 saturated heterocycles. The van der Waals surface area contributed by atoms with Gasteiger partial charge in [0.1, 0.15) is 5.82 Å². The molecule has 0 spiro atoms. The van der Waals surface area contributed by atoms with E-state index in [4.69, 9.17) is 4.98 Å². The van der Waals surface area contributed by atoms with Gasteiger partial charge >= 0.3 is 0 Å². The molecule has 1 amide bonds. The molecule has 24 heavy (non-hydrogen) atoms. The molecule has 1 aliphatic heterocycles. The first kappa shape index (κ1) is 15.3. The molecular formula is C19H17FN2OS. The van der Waals surface area contributed by atoms with Crippen LogP contribution in [-0.4, -0.2) is 28.9 Å². The minimum absolute atomic E-state index is 0.0270. The number of hydrogen-bond donors (Lipinski definition) is 0. The maximum Gasteiger partial charge on any atom is 0.253 e. The summed E-state index contributed by atoms with van der Waals surface area (Å²) in [5.74, 6) is -0.0705. The Bertz CT molecular complexity index is 841. The largest absolute Gasteiger partial charge is 0.338 e. The molecule has 3 nitrogen and oxygen atoms in total. The number of nitrogens with zero attached hydrogens (tertiary/aromatic N) is 2. The van der Waals surface area contributed by atoms with Crippen molar-refractivity contribution in [2.45, 2.75) is 18.8 Å². The number of para-hydroxylation sites is 1. The monoisotopic (exact) mass is 340 g/mol. The Hall–Kier alpha value is -2.27. The van der Waals surface area contributed by atoms with Crippen molar-refractivity contribution in [3.63, 3.8) is 0 Å². The Morgan fingerprint density at radius 2 is 1.96 bits per heavy atom. The number of benzene rings is 2. The summed E-state index contributed by atoms with van der Waals surface area (Å²) < 4.78 is 14.2. The van der Waals surface area contributed by atoms with Gasteiger partial charge in [-0.1, -0.05) is 12.1 Å². The van der Waals surface area contributed by atoms with Gasteiger partial charge in [0.15, 0.2) is 0 Å². The number of aromatic nitrogens is 1. The van der Waals surface area contributed by atoms with Crippen LogP contribution in [0.15, 0.2) is 48.5 Å². The quantitative estimate of drug-likeness (QED) is 0.690. The van der Waals surface area contributed by atoms with Crippen molar-refractivity contribution in [1.29, 1.82) is 0 Å². The summed E-state index contributed by atoms with van der Waals surface area (Å²) in [5.41, 5.74) is 1.57. The van der Waals surface area contributed by atoms with Crippen LogP contribution in [0, 0.1) is 5.82 Å². The highest BCUT2D eigenvalue weighted by molar-refractivity contribution is 7.18. The van der Waals surface area contributed by atoms with E-state index in [1.54, 1.807) is 23.5 Å². The van der Waals surface area contributed by atoms with Crippen LogP contribution in [0.2, 0.25) is 0 Å². The second-order valence-corrected chi connectivity index (χ2v) is 7.18. The van der Waals surface area contributed by atoms with E-state index in [-0.39, 0.29) is 17.6 Å². The summed E-state index contributed by atoms with van der Waals surface area (Å²) in [6.45, 7) is 1.42. The Labute approximate surface area is 143 Å². The van der Waals surface area contributed by atoms with E-state index in [2.05, 4.69) is 6.07 Å². The number of likely N-dealkylation sites (tertiary alicyclic amines) is 1. The van der Waals surface area contributed by atoms with E-state index in [0.717, 1.165) is 29.9 Å². The summed E-state index contributed by atoms with van der Waals surface area (Å²) in [7, 11) is 0. The predicted octanol–water partition coefficient (Wildman–Crippen LogP) is 4.46. The fourth-order valence-corrected chi connectivity index (χ4v) is 4.30. The first-order valence-corrected chi connectivity index (χ1v) is 8.93. The van der Waals surface area contributed by atoms with E-state index in [0.29, 0.717) is 12.1 Å². The zero-order chi connectivity index (χ0) is 16.5. The van der Waals surface area contributed by atoms with Gasteiger partial charge in [-0.25, -0.2) is 9.37 Å². The van der Waals surface area contributed by atoms with Gasteiger partial charge in [-0.3, -0.25) is 4.79 Å². The van der Waals surface area contributed by atoms with Gasteiger partial charge in [-0.05, 0) is 49.2 Å². The van der Waals surface area contributed by atoms with Crippen LogP contribution in [0.25, 0.3) is 10.2 Å². The molecule has 1 atom stereocenters. The van der Waals surface area contributed by atoms with Crippen LogP contribution >= 0.6 is 11.3 Å². The molecule has 1 aromatic heterocycles. The maximum atomic E-state index is 13.0. The highest BCUT2D eigenvalue weighted by Crippen LogP contribution is 2.33. The number of hydrogen-bond acceptors (Lipinski definition) is 3. The molecular weight excluding hydrogens is 323 g/mol. The molecule has 4 rings (SSSR count). The lowest BCUT2D eigenvalue weighted by molar-refractivity contribution is 0.0707. The Balaban J connectivity index is 1.54. The standard InChI is InChI=1S/C19H17FN2OS/c20-15-9-7-13(8-10-15)19(23)22-11-3-4-14(12-22)18-21-16-5-1-2-6-17(16)24-18/h1-2,5-10,14H,3-4,11-12H2/t14-/m0/s1. The molecule has 0 aliphatic carbocycles. The predicted molar refractivity (Wildman–Crippen MR) is 93.9 cm³/mol. The van der Waals surface area contributed by atoms with Crippen molar-refractivity contribution in [2.75, 3.05) is 13.1 Å². The third-order valence-electron chi connectivity index (χ3n) is 4.46. The lowest BCUT2D eigenvalue weighted by Crippen LogP contribution is -2.39. The van der Waals surface area contributed by atoms with E-state index >= 15 is 0 Å². The number of carbonyl (C=O) groups is 1. The SMILES string of the molecule is O=C(c1ccc(F)cc1)N1CCC[C@H](c2nc3ccccc3s2)C1. The Kier molecular flexibility index (Phi) is 4.02. The van der Waals surface area contributed by atoms with Gasteiger partial charge in [-0.15, -0.1) is 11.3 Å². The summed E-state index contributed by atoms with van der Waals surface area (Å²) in [5, 5.41) is 1.10. The molecule has 122 valence electrons. The average Bonchev–Trinajstić information content (AvgIpc) is 3.06. The van der Waals surface area contributed by atoms with E-state index < -0.39 is 0 Å². The van der Waals surface area contributed by atoms with Crippen LogP contribution in [0.5, 0.6) is 0 Å². The molecule has 2 aromatic carbocycles. The lowest BCUT2D eigenvalue weighted by atomic mass is 9.98. The van der Waals surface area contributed by atoms with Gasteiger partial charge in [-0.2, -0.15) is 0 Å². The van der Waals surface area contributed by atoms with Crippen LogP contribution in [0.1, 0.15) is 34.1 Å². The van der Waals surface area contributed by atoms with Crippen molar-refractivity contribution in [2.24, 2.45) is 0 Å². The van der Waals surface area contributed by atoms with Crippen LogP contribution in [0.3, 0.4) is 0 Å². The Morgan fingerprint density at radius 1 is 1.17 bits per heavy atom. The second-order valence-electron chi connectivity index (χ2n) is 6.12. The highest BCUT2D eigenvalue weighted by Gasteiger charge is 2.27. The van der Waals surface area contributed by atoms with Gasteiger partial charge in [0.2, 0.25) is 0 Å². The minimum atomic E-state index is -0.322. The number of thiazole rings is 1. The molecule has 0 radical (unpaired) electrons. The highest BCUT2D eigenvalue weighted by atomic mass is 32.1. The first-order chi connectivity index (χ1) is 11.7. The molecule has 0 unspecified atom stereocenters. The number of amides is 1. The van der Waals surface area contributed by atoms with Crippen molar-refractivity contribution >= 4 is 27.5 Å².